The molecule has 108 valence electrons. The summed E-state index contributed by atoms with van der Waals surface area (Å²) in [6, 6.07) is 6.06. The zero-order valence-electron chi connectivity index (χ0n) is 12.7. The number of nitrogens with zero attached hydrogens (tertiary/aromatic N) is 1. The number of benzene rings is 1. The Morgan fingerprint density at radius 3 is 2.42 bits per heavy atom. The van der Waals surface area contributed by atoms with Crippen LogP contribution in [-0.4, -0.2) is 44.8 Å². The topological polar surface area (TPSA) is 47.7 Å². The van der Waals surface area contributed by atoms with Crippen LogP contribution in [0.4, 0.5) is 0 Å². The van der Waals surface area contributed by atoms with E-state index in [1.807, 2.05) is 19.1 Å². The van der Waals surface area contributed by atoms with Crippen LogP contribution in [0.2, 0.25) is 0 Å². The van der Waals surface area contributed by atoms with Crippen molar-refractivity contribution in [2.24, 2.45) is 5.73 Å². The van der Waals surface area contributed by atoms with E-state index in [1.165, 1.54) is 5.56 Å². The summed E-state index contributed by atoms with van der Waals surface area (Å²) < 4.78 is 10.9. The number of rotatable bonds is 7. The standard InChI is InChI=1S/C15H26N2O2/c1-6-19-14-9-12(7-8-13(14)18-5)10-15(2,11-16)17(3)4/h7-9H,6,10-11,16H2,1-5H3. The molecule has 19 heavy (non-hydrogen) atoms. The Balaban J connectivity index is 2.98. The van der Waals surface area contributed by atoms with Crippen molar-refractivity contribution in [3.05, 3.63) is 23.8 Å². The molecule has 1 atom stereocenters. The summed E-state index contributed by atoms with van der Waals surface area (Å²) in [6.07, 6.45) is 0.876. The first-order chi connectivity index (χ1) is 8.96. The van der Waals surface area contributed by atoms with Crippen LogP contribution < -0.4 is 15.2 Å². The van der Waals surface area contributed by atoms with Crippen molar-refractivity contribution in [3.8, 4) is 11.5 Å². The molecule has 0 saturated heterocycles. The third kappa shape index (κ3) is 3.85. The lowest BCUT2D eigenvalue weighted by Crippen LogP contribution is -2.49. The molecule has 0 fully saturated rings. The fraction of sp³-hybridized carbons (Fsp3) is 0.600. The van der Waals surface area contributed by atoms with E-state index in [4.69, 9.17) is 15.2 Å². The molecule has 0 saturated carbocycles. The molecule has 1 aromatic rings. The van der Waals surface area contributed by atoms with E-state index in [-0.39, 0.29) is 5.54 Å². The summed E-state index contributed by atoms with van der Waals surface area (Å²) in [5, 5.41) is 0. The predicted octanol–water partition coefficient (Wildman–Crippen LogP) is 1.92. The molecule has 0 amide bonds. The highest BCUT2D eigenvalue weighted by molar-refractivity contribution is 5.43. The van der Waals surface area contributed by atoms with Gasteiger partial charge in [0.15, 0.2) is 11.5 Å². The summed E-state index contributed by atoms with van der Waals surface area (Å²) in [5.74, 6) is 1.56. The van der Waals surface area contributed by atoms with Crippen LogP contribution in [0.25, 0.3) is 0 Å². The number of likely N-dealkylation sites (N-methyl/N-ethyl adjacent to an activating group) is 1. The lowest BCUT2D eigenvalue weighted by atomic mass is 9.91. The Labute approximate surface area is 116 Å². The molecular weight excluding hydrogens is 240 g/mol. The van der Waals surface area contributed by atoms with Gasteiger partial charge in [0.1, 0.15) is 0 Å². The molecule has 0 radical (unpaired) electrons. The maximum absolute atomic E-state index is 5.91. The Hall–Kier alpha value is -1.26. The fourth-order valence-electron chi connectivity index (χ4n) is 1.95. The first-order valence-corrected chi connectivity index (χ1v) is 6.64. The lowest BCUT2D eigenvalue weighted by Gasteiger charge is -2.35. The number of ether oxygens (including phenoxy) is 2. The number of methoxy groups -OCH3 is 1. The van der Waals surface area contributed by atoms with E-state index in [0.29, 0.717) is 13.2 Å². The minimum absolute atomic E-state index is 0.0575. The molecule has 2 N–H and O–H groups in total. The maximum atomic E-state index is 5.91. The van der Waals surface area contributed by atoms with E-state index < -0.39 is 0 Å². The molecule has 1 unspecified atom stereocenters. The molecule has 0 aliphatic rings. The van der Waals surface area contributed by atoms with E-state index in [2.05, 4.69) is 32.0 Å². The number of hydrogen-bond acceptors (Lipinski definition) is 4. The molecule has 0 aliphatic heterocycles. The second kappa shape index (κ2) is 6.78. The highest BCUT2D eigenvalue weighted by Gasteiger charge is 2.25. The van der Waals surface area contributed by atoms with E-state index >= 15 is 0 Å². The molecule has 0 bridgehead atoms. The average molecular weight is 266 g/mol. The highest BCUT2D eigenvalue weighted by Crippen LogP contribution is 2.30. The van der Waals surface area contributed by atoms with Gasteiger partial charge in [-0.1, -0.05) is 6.07 Å². The molecule has 0 heterocycles. The SMILES string of the molecule is CCOc1cc(CC(C)(CN)N(C)C)ccc1OC. The minimum Gasteiger partial charge on any atom is -0.493 e. The van der Waals surface area contributed by atoms with Gasteiger partial charge in [0.05, 0.1) is 13.7 Å². The molecule has 1 rings (SSSR count). The van der Waals surface area contributed by atoms with E-state index in [9.17, 15) is 0 Å². The Morgan fingerprint density at radius 1 is 1.26 bits per heavy atom. The van der Waals surface area contributed by atoms with Gasteiger partial charge in [0, 0.05) is 12.1 Å². The average Bonchev–Trinajstić information content (AvgIpc) is 2.39. The summed E-state index contributed by atoms with van der Waals surface area (Å²) in [4.78, 5) is 2.16. The van der Waals surface area contributed by atoms with Crippen LogP contribution in [0.1, 0.15) is 19.4 Å². The van der Waals surface area contributed by atoms with Crippen LogP contribution in [-0.2, 0) is 6.42 Å². The Morgan fingerprint density at radius 2 is 1.95 bits per heavy atom. The first-order valence-electron chi connectivity index (χ1n) is 6.64. The molecule has 4 heteroatoms. The summed E-state index contributed by atoms with van der Waals surface area (Å²) >= 11 is 0. The molecule has 0 spiro atoms. The van der Waals surface area contributed by atoms with Crippen LogP contribution in [0.3, 0.4) is 0 Å². The van der Waals surface area contributed by atoms with Crippen molar-refractivity contribution >= 4 is 0 Å². The highest BCUT2D eigenvalue weighted by atomic mass is 16.5. The normalized spacial score (nSPS) is 14.3. The van der Waals surface area contributed by atoms with Gasteiger partial charge in [-0.3, -0.25) is 0 Å². The largest absolute Gasteiger partial charge is 0.493 e. The van der Waals surface area contributed by atoms with Crippen molar-refractivity contribution in [1.29, 1.82) is 0 Å². The van der Waals surface area contributed by atoms with Crippen LogP contribution >= 0.6 is 0 Å². The second-order valence-corrected chi connectivity index (χ2v) is 5.19. The van der Waals surface area contributed by atoms with Crippen molar-refractivity contribution < 1.29 is 9.47 Å². The smallest absolute Gasteiger partial charge is 0.161 e. The molecular formula is C15H26N2O2. The number of nitrogens with two attached hydrogens (primary N) is 1. The molecule has 4 nitrogen and oxygen atoms in total. The molecule has 1 aromatic carbocycles. The van der Waals surface area contributed by atoms with Gasteiger partial charge < -0.3 is 20.1 Å². The van der Waals surface area contributed by atoms with Gasteiger partial charge in [-0.2, -0.15) is 0 Å². The van der Waals surface area contributed by atoms with Gasteiger partial charge in [0.2, 0.25) is 0 Å². The predicted molar refractivity (Wildman–Crippen MR) is 79.0 cm³/mol. The minimum atomic E-state index is -0.0575. The third-order valence-corrected chi connectivity index (χ3v) is 3.63. The van der Waals surface area contributed by atoms with E-state index in [1.54, 1.807) is 7.11 Å². The van der Waals surface area contributed by atoms with Gasteiger partial charge in [-0.05, 0) is 52.1 Å². The van der Waals surface area contributed by atoms with Crippen LogP contribution in [0.5, 0.6) is 11.5 Å². The summed E-state index contributed by atoms with van der Waals surface area (Å²) in [6.45, 7) is 5.37. The Kier molecular flexibility index (Phi) is 5.63. The summed E-state index contributed by atoms with van der Waals surface area (Å²) in [7, 11) is 5.76. The first kappa shape index (κ1) is 15.8. The monoisotopic (exact) mass is 266 g/mol. The van der Waals surface area contributed by atoms with Gasteiger partial charge >= 0.3 is 0 Å². The number of hydrogen-bond donors (Lipinski definition) is 1. The zero-order valence-corrected chi connectivity index (χ0v) is 12.7. The summed E-state index contributed by atoms with van der Waals surface area (Å²) in [5.41, 5.74) is 7.05. The maximum Gasteiger partial charge on any atom is 0.161 e. The Bertz CT molecular complexity index is 407. The van der Waals surface area contributed by atoms with Gasteiger partial charge in [-0.15, -0.1) is 0 Å². The fourth-order valence-corrected chi connectivity index (χ4v) is 1.95. The van der Waals surface area contributed by atoms with Crippen molar-refractivity contribution in [2.45, 2.75) is 25.8 Å². The molecule has 0 aromatic heterocycles. The van der Waals surface area contributed by atoms with E-state index in [0.717, 1.165) is 17.9 Å². The second-order valence-electron chi connectivity index (χ2n) is 5.19. The van der Waals surface area contributed by atoms with Crippen molar-refractivity contribution in [3.63, 3.8) is 0 Å². The van der Waals surface area contributed by atoms with Crippen LogP contribution in [0, 0.1) is 0 Å². The van der Waals surface area contributed by atoms with Crippen LogP contribution in [0.15, 0.2) is 18.2 Å². The van der Waals surface area contributed by atoms with Gasteiger partial charge in [-0.25, -0.2) is 0 Å². The lowest BCUT2D eigenvalue weighted by molar-refractivity contribution is 0.180. The molecule has 0 aliphatic carbocycles. The van der Waals surface area contributed by atoms with Crippen molar-refractivity contribution in [2.75, 3.05) is 34.4 Å². The van der Waals surface area contributed by atoms with Crippen molar-refractivity contribution in [1.82, 2.24) is 4.90 Å². The quantitative estimate of drug-likeness (QED) is 0.819. The van der Waals surface area contributed by atoms with Gasteiger partial charge in [0.25, 0.3) is 0 Å². The third-order valence-electron chi connectivity index (χ3n) is 3.63. The zero-order chi connectivity index (χ0) is 14.5.